The van der Waals surface area contributed by atoms with Crippen LogP contribution in [0.2, 0.25) is 0 Å². The second kappa shape index (κ2) is 6.27. The Morgan fingerprint density at radius 2 is 1.88 bits per heavy atom. The Labute approximate surface area is 134 Å². The molecule has 0 bridgehead atoms. The van der Waals surface area contributed by atoms with E-state index in [0.29, 0.717) is 11.5 Å². The number of rotatable bonds is 4. The smallest absolute Gasteiger partial charge is 0.417 e. The number of nitrogens with one attached hydrogen (secondary N) is 1. The van der Waals surface area contributed by atoms with Gasteiger partial charge >= 0.3 is 6.18 Å². The van der Waals surface area contributed by atoms with Crippen LogP contribution in [0.1, 0.15) is 21.7 Å². The van der Waals surface area contributed by atoms with Gasteiger partial charge in [0, 0.05) is 0 Å². The average Bonchev–Trinajstić information content (AvgIpc) is 3.23. The highest BCUT2D eigenvalue weighted by atomic mass is 19.4. The molecule has 0 aliphatic carbocycles. The topological polar surface area (TPSA) is 55.4 Å². The van der Waals surface area contributed by atoms with E-state index in [1.807, 2.05) is 0 Å². The summed E-state index contributed by atoms with van der Waals surface area (Å²) in [4.78, 5) is 12.1. The fourth-order valence-corrected chi connectivity index (χ4v) is 2.22. The van der Waals surface area contributed by atoms with Crippen LogP contribution in [0.5, 0.6) is 0 Å². The minimum absolute atomic E-state index is 0.0249. The fourth-order valence-electron chi connectivity index (χ4n) is 2.22. The molecule has 24 heavy (non-hydrogen) atoms. The molecule has 124 valence electrons. The quantitative estimate of drug-likeness (QED) is 0.764. The van der Waals surface area contributed by atoms with Crippen molar-refractivity contribution in [3.8, 4) is 11.3 Å². The Morgan fingerprint density at radius 3 is 2.58 bits per heavy atom. The van der Waals surface area contributed by atoms with Gasteiger partial charge in [-0.05, 0) is 30.3 Å². The van der Waals surface area contributed by atoms with Crippen molar-refractivity contribution in [2.45, 2.75) is 12.7 Å². The van der Waals surface area contributed by atoms with Crippen LogP contribution in [0, 0.1) is 0 Å². The van der Waals surface area contributed by atoms with Gasteiger partial charge in [0.05, 0.1) is 29.5 Å². The Balaban J connectivity index is 1.71. The zero-order valence-electron chi connectivity index (χ0n) is 12.3. The molecule has 2 aromatic heterocycles. The van der Waals surface area contributed by atoms with Gasteiger partial charge in [-0.25, -0.2) is 0 Å². The summed E-state index contributed by atoms with van der Waals surface area (Å²) in [6.45, 7) is -0.0249. The van der Waals surface area contributed by atoms with Crippen molar-refractivity contribution >= 4 is 5.91 Å². The third-order valence-corrected chi connectivity index (χ3v) is 3.37. The molecule has 7 heteroatoms. The van der Waals surface area contributed by atoms with Gasteiger partial charge in [0.25, 0.3) is 5.91 Å². The van der Waals surface area contributed by atoms with Gasteiger partial charge in [-0.3, -0.25) is 4.79 Å². The van der Waals surface area contributed by atoms with E-state index < -0.39 is 23.2 Å². The van der Waals surface area contributed by atoms with Crippen LogP contribution in [0.15, 0.2) is 63.8 Å². The first-order valence-corrected chi connectivity index (χ1v) is 7.01. The summed E-state index contributed by atoms with van der Waals surface area (Å²) < 4.78 is 49.2. The van der Waals surface area contributed by atoms with Gasteiger partial charge in [0.2, 0.25) is 0 Å². The summed E-state index contributed by atoms with van der Waals surface area (Å²) in [6, 6.07) is 9.67. The van der Waals surface area contributed by atoms with Crippen LogP contribution in [0.3, 0.4) is 0 Å². The Kier molecular flexibility index (Phi) is 4.16. The lowest BCUT2D eigenvalue weighted by atomic mass is 10.1. The molecule has 2 heterocycles. The van der Waals surface area contributed by atoms with Gasteiger partial charge in [0.1, 0.15) is 17.8 Å². The molecule has 0 aliphatic heterocycles. The molecule has 0 unspecified atom stereocenters. The lowest BCUT2D eigenvalue weighted by molar-refractivity contribution is -0.137. The zero-order chi connectivity index (χ0) is 17.2. The van der Waals surface area contributed by atoms with Gasteiger partial charge in [-0.2, -0.15) is 13.2 Å². The van der Waals surface area contributed by atoms with Crippen molar-refractivity contribution in [2.24, 2.45) is 0 Å². The van der Waals surface area contributed by atoms with E-state index in [9.17, 15) is 18.0 Å². The highest BCUT2D eigenvalue weighted by Crippen LogP contribution is 2.31. The predicted octanol–water partition coefficient (Wildman–Crippen LogP) is 4.49. The van der Waals surface area contributed by atoms with Crippen molar-refractivity contribution in [1.82, 2.24) is 5.32 Å². The molecule has 1 aromatic carbocycles. The molecule has 0 fully saturated rings. The first-order chi connectivity index (χ1) is 11.4. The van der Waals surface area contributed by atoms with Crippen LogP contribution in [-0.4, -0.2) is 5.91 Å². The monoisotopic (exact) mass is 335 g/mol. The number of alkyl halides is 3. The maximum atomic E-state index is 12.9. The SMILES string of the molecule is O=C(NCc1ccc(-c2ccoc2)o1)c1ccccc1C(F)(F)F. The number of carbonyl (C=O) groups is 1. The maximum absolute atomic E-state index is 12.9. The number of hydrogen-bond donors (Lipinski definition) is 1. The molecular formula is C17H12F3NO3. The van der Waals surface area contributed by atoms with Crippen LogP contribution < -0.4 is 5.32 Å². The number of hydrogen-bond acceptors (Lipinski definition) is 3. The number of furan rings is 2. The molecule has 3 aromatic rings. The van der Waals surface area contributed by atoms with Crippen molar-refractivity contribution in [3.05, 3.63) is 71.9 Å². The normalized spacial score (nSPS) is 11.5. The number of amides is 1. The second-order valence-electron chi connectivity index (χ2n) is 5.00. The first kappa shape index (κ1) is 15.9. The molecule has 0 atom stereocenters. The molecule has 3 rings (SSSR count). The summed E-state index contributed by atoms with van der Waals surface area (Å²) in [5, 5.41) is 2.43. The minimum atomic E-state index is -4.59. The molecule has 1 N–H and O–H groups in total. The van der Waals surface area contributed by atoms with E-state index in [-0.39, 0.29) is 6.54 Å². The fraction of sp³-hybridized carbons (Fsp3) is 0.118. The van der Waals surface area contributed by atoms with E-state index in [0.717, 1.165) is 17.7 Å². The van der Waals surface area contributed by atoms with Gasteiger partial charge in [-0.1, -0.05) is 12.1 Å². The van der Waals surface area contributed by atoms with Gasteiger partial charge in [-0.15, -0.1) is 0 Å². The Hall–Kier alpha value is -2.96. The first-order valence-electron chi connectivity index (χ1n) is 7.01. The van der Waals surface area contributed by atoms with E-state index in [2.05, 4.69) is 5.32 Å². The van der Waals surface area contributed by atoms with Crippen molar-refractivity contribution in [2.75, 3.05) is 0 Å². The van der Waals surface area contributed by atoms with Crippen LogP contribution >= 0.6 is 0 Å². The number of benzene rings is 1. The zero-order valence-corrected chi connectivity index (χ0v) is 12.3. The summed E-state index contributed by atoms with van der Waals surface area (Å²) in [6.07, 6.45) is -1.60. The molecule has 0 aliphatic rings. The predicted molar refractivity (Wildman–Crippen MR) is 79.0 cm³/mol. The molecular weight excluding hydrogens is 323 g/mol. The van der Waals surface area contributed by atoms with E-state index in [1.54, 1.807) is 18.2 Å². The third-order valence-electron chi connectivity index (χ3n) is 3.37. The summed E-state index contributed by atoms with van der Waals surface area (Å²) in [5.41, 5.74) is -0.664. The second-order valence-corrected chi connectivity index (χ2v) is 5.00. The molecule has 0 spiro atoms. The highest BCUT2D eigenvalue weighted by molar-refractivity contribution is 5.95. The Bertz CT molecular complexity index is 835. The van der Waals surface area contributed by atoms with Crippen molar-refractivity contribution in [1.29, 1.82) is 0 Å². The Morgan fingerprint density at radius 1 is 1.08 bits per heavy atom. The number of halogens is 3. The van der Waals surface area contributed by atoms with Gasteiger partial charge in [0.15, 0.2) is 0 Å². The summed E-state index contributed by atoms with van der Waals surface area (Å²) in [5.74, 6) is 0.150. The van der Waals surface area contributed by atoms with Crippen molar-refractivity contribution < 1.29 is 26.8 Å². The molecule has 1 amide bonds. The lowest BCUT2D eigenvalue weighted by Crippen LogP contribution is -2.25. The van der Waals surface area contributed by atoms with E-state index in [4.69, 9.17) is 8.83 Å². The summed E-state index contributed by atoms with van der Waals surface area (Å²) in [7, 11) is 0. The average molecular weight is 335 g/mol. The van der Waals surface area contributed by atoms with Crippen LogP contribution in [0.25, 0.3) is 11.3 Å². The van der Waals surface area contributed by atoms with E-state index in [1.165, 1.54) is 24.7 Å². The maximum Gasteiger partial charge on any atom is 0.417 e. The largest absolute Gasteiger partial charge is 0.472 e. The van der Waals surface area contributed by atoms with Gasteiger partial charge < -0.3 is 14.2 Å². The molecule has 0 saturated carbocycles. The minimum Gasteiger partial charge on any atom is -0.472 e. The number of carbonyl (C=O) groups excluding carboxylic acids is 1. The molecule has 0 radical (unpaired) electrons. The van der Waals surface area contributed by atoms with Crippen LogP contribution in [-0.2, 0) is 12.7 Å². The standard InChI is InChI=1S/C17H12F3NO3/c18-17(19,20)14-4-2-1-3-13(14)16(22)21-9-12-5-6-15(24-12)11-7-8-23-10-11/h1-8,10H,9H2,(H,21,22). The molecule has 0 saturated heterocycles. The summed E-state index contributed by atoms with van der Waals surface area (Å²) >= 11 is 0. The van der Waals surface area contributed by atoms with E-state index >= 15 is 0 Å². The highest BCUT2D eigenvalue weighted by Gasteiger charge is 2.34. The lowest BCUT2D eigenvalue weighted by Gasteiger charge is -2.12. The third kappa shape index (κ3) is 3.34. The van der Waals surface area contributed by atoms with Crippen LogP contribution in [0.4, 0.5) is 13.2 Å². The molecule has 4 nitrogen and oxygen atoms in total. The van der Waals surface area contributed by atoms with Crippen molar-refractivity contribution in [3.63, 3.8) is 0 Å².